The summed E-state index contributed by atoms with van der Waals surface area (Å²) in [7, 11) is 2.18. The highest BCUT2D eigenvalue weighted by molar-refractivity contribution is 5.10. The molecule has 2 rings (SSSR count). The van der Waals surface area contributed by atoms with E-state index in [2.05, 4.69) is 43.2 Å². The first-order valence-corrected chi connectivity index (χ1v) is 6.22. The van der Waals surface area contributed by atoms with Crippen molar-refractivity contribution in [3.8, 4) is 0 Å². The van der Waals surface area contributed by atoms with Crippen molar-refractivity contribution >= 4 is 0 Å². The van der Waals surface area contributed by atoms with Crippen LogP contribution in [-0.4, -0.2) is 31.1 Å². The summed E-state index contributed by atoms with van der Waals surface area (Å²) in [6, 6.07) is 5.09. The van der Waals surface area contributed by atoms with Crippen molar-refractivity contribution in [2.24, 2.45) is 0 Å². The van der Waals surface area contributed by atoms with Gasteiger partial charge in [0.2, 0.25) is 0 Å². The summed E-state index contributed by atoms with van der Waals surface area (Å²) in [5, 5.41) is 3.63. The molecule has 1 aliphatic rings. The van der Waals surface area contributed by atoms with Gasteiger partial charge in [-0.05, 0) is 39.1 Å². The van der Waals surface area contributed by atoms with Crippen LogP contribution in [0.1, 0.15) is 37.8 Å². The van der Waals surface area contributed by atoms with Crippen LogP contribution in [-0.2, 0) is 6.42 Å². The Kier molecular flexibility index (Phi) is 3.66. The molecule has 0 radical (unpaired) electrons. The van der Waals surface area contributed by atoms with Gasteiger partial charge in [0.05, 0.1) is 6.04 Å². The molecular formula is C13H22N2O. The van der Waals surface area contributed by atoms with Crippen molar-refractivity contribution in [3.05, 3.63) is 23.7 Å². The summed E-state index contributed by atoms with van der Waals surface area (Å²) in [6.07, 6.45) is 2.21. The molecular weight excluding hydrogens is 200 g/mol. The van der Waals surface area contributed by atoms with Gasteiger partial charge in [-0.2, -0.15) is 0 Å². The molecule has 16 heavy (non-hydrogen) atoms. The fraction of sp³-hybridized carbons (Fsp3) is 0.692. The Labute approximate surface area is 97.8 Å². The van der Waals surface area contributed by atoms with Crippen LogP contribution in [0.25, 0.3) is 0 Å². The van der Waals surface area contributed by atoms with Crippen LogP contribution in [0.3, 0.4) is 0 Å². The van der Waals surface area contributed by atoms with Crippen molar-refractivity contribution in [2.75, 3.05) is 20.1 Å². The predicted octanol–water partition coefficient (Wildman–Crippen LogP) is 2.20. The molecule has 0 spiro atoms. The van der Waals surface area contributed by atoms with Gasteiger partial charge < -0.3 is 14.6 Å². The molecule has 2 unspecified atom stereocenters. The van der Waals surface area contributed by atoms with Gasteiger partial charge in [0.25, 0.3) is 0 Å². The number of aryl methyl sites for hydroxylation is 1. The molecule has 0 bridgehead atoms. The van der Waals surface area contributed by atoms with E-state index < -0.39 is 0 Å². The minimum absolute atomic E-state index is 0.316. The molecule has 1 fully saturated rings. The Morgan fingerprint density at radius 3 is 2.94 bits per heavy atom. The number of rotatable bonds is 4. The molecule has 1 aromatic rings. The van der Waals surface area contributed by atoms with E-state index in [4.69, 9.17) is 4.42 Å². The number of furan rings is 1. The third-order valence-corrected chi connectivity index (χ3v) is 3.33. The van der Waals surface area contributed by atoms with E-state index in [1.807, 2.05) is 0 Å². The van der Waals surface area contributed by atoms with E-state index >= 15 is 0 Å². The lowest BCUT2D eigenvalue weighted by Gasteiger charge is -2.17. The van der Waals surface area contributed by atoms with E-state index in [1.165, 1.54) is 13.0 Å². The molecule has 3 nitrogen and oxygen atoms in total. The number of nitrogens with zero attached hydrogens (tertiary/aromatic N) is 1. The molecule has 0 amide bonds. The Hall–Kier alpha value is -0.800. The molecule has 0 aromatic carbocycles. The largest absolute Gasteiger partial charge is 0.464 e. The average molecular weight is 222 g/mol. The second kappa shape index (κ2) is 5.02. The van der Waals surface area contributed by atoms with Crippen molar-refractivity contribution in [3.63, 3.8) is 0 Å². The molecule has 2 heterocycles. The normalized spacial score (nSPS) is 23.8. The monoisotopic (exact) mass is 222 g/mol. The highest BCUT2D eigenvalue weighted by Gasteiger charge is 2.22. The number of nitrogens with one attached hydrogen (secondary N) is 1. The summed E-state index contributed by atoms with van der Waals surface area (Å²) in [6.45, 7) is 6.64. The fourth-order valence-corrected chi connectivity index (χ4v) is 2.32. The van der Waals surface area contributed by atoms with Gasteiger partial charge in [0.15, 0.2) is 0 Å². The Morgan fingerprint density at radius 2 is 2.38 bits per heavy atom. The summed E-state index contributed by atoms with van der Waals surface area (Å²) in [5.74, 6) is 2.14. The molecule has 1 saturated heterocycles. The van der Waals surface area contributed by atoms with Gasteiger partial charge in [-0.3, -0.25) is 0 Å². The third kappa shape index (κ3) is 2.66. The fourth-order valence-electron chi connectivity index (χ4n) is 2.32. The first kappa shape index (κ1) is 11.7. The van der Waals surface area contributed by atoms with Crippen LogP contribution in [0.15, 0.2) is 16.5 Å². The second-order valence-electron chi connectivity index (χ2n) is 4.79. The standard InChI is InChI=1S/C13H22N2O/c1-4-12-5-6-13(16-12)10(2)14-11-7-8-15(3)9-11/h5-6,10-11,14H,4,7-9H2,1-3H3. The van der Waals surface area contributed by atoms with E-state index in [9.17, 15) is 0 Å². The Bertz CT molecular complexity index is 334. The lowest BCUT2D eigenvalue weighted by molar-refractivity contribution is 0.359. The molecule has 1 aliphatic heterocycles. The molecule has 2 atom stereocenters. The zero-order valence-corrected chi connectivity index (χ0v) is 10.5. The second-order valence-corrected chi connectivity index (χ2v) is 4.79. The lowest BCUT2D eigenvalue weighted by Crippen LogP contribution is -2.33. The topological polar surface area (TPSA) is 28.4 Å². The third-order valence-electron chi connectivity index (χ3n) is 3.33. The van der Waals surface area contributed by atoms with Crippen LogP contribution >= 0.6 is 0 Å². The highest BCUT2D eigenvalue weighted by atomic mass is 16.3. The number of hydrogen-bond acceptors (Lipinski definition) is 3. The highest BCUT2D eigenvalue weighted by Crippen LogP contribution is 2.19. The van der Waals surface area contributed by atoms with E-state index in [0.717, 1.165) is 24.5 Å². The van der Waals surface area contributed by atoms with Crippen LogP contribution in [0.4, 0.5) is 0 Å². The van der Waals surface area contributed by atoms with Gasteiger partial charge in [-0.1, -0.05) is 6.92 Å². The van der Waals surface area contributed by atoms with E-state index in [-0.39, 0.29) is 0 Å². The molecule has 1 N–H and O–H groups in total. The minimum atomic E-state index is 0.316. The van der Waals surface area contributed by atoms with Crippen LogP contribution in [0, 0.1) is 0 Å². The van der Waals surface area contributed by atoms with Crippen LogP contribution < -0.4 is 5.32 Å². The Morgan fingerprint density at radius 1 is 1.56 bits per heavy atom. The van der Waals surface area contributed by atoms with Gasteiger partial charge >= 0.3 is 0 Å². The molecule has 0 saturated carbocycles. The zero-order valence-electron chi connectivity index (χ0n) is 10.5. The van der Waals surface area contributed by atoms with Gasteiger partial charge in [-0.25, -0.2) is 0 Å². The lowest BCUT2D eigenvalue weighted by atomic mass is 10.2. The maximum Gasteiger partial charge on any atom is 0.120 e. The van der Waals surface area contributed by atoms with Crippen molar-refractivity contribution in [1.29, 1.82) is 0 Å². The van der Waals surface area contributed by atoms with E-state index in [0.29, 0.717) is 12.1 Å². The predicted molar refractivity (Wildman–Crippen MR) is 65.5 cm³/mol. The van der Waals surface area contributed by atoms with Crippen molar-refractivity contribution in [1.82, 2.24) is 10.2 Å². The Balaban J connectivity index is 1.89. The maximum atomic E-state index is 5.76. The summed E-state index contributed by atoms with van der Waals surface area (Å²) in [5.41, 5.74) is 0. The maximum absolute atomic E-state index is 5.76. The number of likely N-dealkylation sites (tertiary alicyclic amines) is 1. The first-order valence-electron chi connectivity index (χ1n) is 6.22. The smallest absolute Gasteiger partial charge is 0.120 e. The van der Waals surface area contributed by atoms with Crippen molar-refractivity contribution in [2.45, 2.75) is 38.8 Å². The molecule has 1 aromatic heterocycles. The van der Waals surface area contributed by atoms with E-state index in [1.54, 1.807) is 0 Å². The summed E-state index contributed by atoms with van der Waals surface area (Å²) < 4.78 is 5.76. The molecule has 90 valence electrons. The molecule has 0 aliphatic carbocycles. The van der Waals surface area contributed by atoms with Gasteiger partial charge in [0.1, 0.15) is 11.5 Å². The number of hydrogen-bond donors (Lipinski definition) is 1. The summed E-state index contributed by atoms with van der Waals surface area (Å²) in [4.78, 5) is 2.37. The number of likely N-dealkylation sites (N-methyl/N-ethyl adjacent to an activating group) is 1. The average Bonchev–Trinajstić information content (AvgIpc) is 2.87. The summed E-state index contributed by atoms with van der Waals surface area (Å²) >= 11 is 0. The van der Waals surface area contributed by atoms with Crippen LogP contribution in [0.5, 0.6) is 0 Å². The minimum Gasteiger partial charge on any atom is -0.464 e. The van der Waals surface area contributed by atoms with Gasteiger partial charge in [-0.15, -0.1) is 0 Å². The first-order chi connectivity index (χ1) is 7.69. The van der Waals surface area contributed by atoms with Crippen LogP contribution in [0.2, 0.25) is 0 Å². The zero-order chi connectivity index (χ0) is 11.5. The molecule has 3 heteroatoms. The van der Waals surface area contributed by atoms with Crippen molar-refractivity contribution < 1.29 is 4.42 Å². The SMILES string of the molecule is CCc1ccc(C(C)NC2CCN(C)C2)o1. The van der Waals surface area contributed by atoms with Gasteiger partial charge in [0, 0.05) is 19.0 Å². The quantitative estimate of drug-likeness (QED) is 0.846.